The number of amides is 1. The summed E-state index contributed by atoms with van der Waals surface area (Å²) >= 11 is 0. The van der Waals surface area contributed by atoms with Crippen molar-refractivity contribution >= 4 is 17.8 Å². The van der Waals surface area contributed by atoms with Gasteiger partial charge in [0.1, 0.15) is 5.83 Å². The van der Waals surface area contributed by atoms with Gasteiger partial charge in [-0.1, -0.05) is 24.3 Å². The molecule has 4 nitrogen and oxygen atoms in total. The number of pyridine rings is 1. The smallest absolute Gasteiger partial charge is 0.253 e. The number of nitrogens with zero attached hydrogens (tertiary/aromatic N) is 1. The zero-order valence-corrected chi connectivity index (χ0v) is 14.3. The highest BCUT2D eigenvalue weighted by Crippen LogP contribution is 2.27. The zero-order valence-electron chi connectivity index (χ0n) is 14.3. The zero-order chi connectivity index (χ0) is 18.1. The highest BCUT2D eigenvalue weighted by atomic mass is 19.1. The molecule has 26 heavy (non-hydrogen) atoms. The van der Waals surface area contributed by atoms with Gasteiger partial charge in [0.05, 0.1) is 11.3 Å². The molecule has 1 aromatic carbocycles. The number of benzene rings is 1. The average molecular weight is 347 g/mol. The number of fused-ring (bicyclic) bond motifs is 1. The monoisotopic (exact) mass is 347 g/mol. The first kappa shape index (κ1) is 16.3. The van der Waals surface area contributed by atoms with Crippen molar-refractivity contribution in [2.24, 2.45) is 0 Å². The molecule has 2 aromatic heterocycles. The van der Waals surface area contributed by atoms with Crippen molar-refractivity contribution in [1.82, 2.24) is 15.3 Å². The molecular formula is C21H18FN3O. The first-order chi connectivity index (χ1) is 12.6. The Morgan fingerprint density at radius 3 is 2.88 bits per heavy atom. The van der Waals surface area contributed by atoms with E-state index in [2.05, 4.69) is 15.3 Å². The molecule has 5 heteroatoms. The number of carbonyl (C=O) groups is 1. The molecule has 3 heterocycles. The van der Waals surface area contributed by atoms with Crippen LogP contribution in [-0.2, 0) is 6.42 Å². The lowest BCUT2D eigenvalue weighted by molar-refractivity contribution is 0.0946. The number of hydrogen-bond acceptors (Lipinski definition) is 2. The topological polar surface area (TPSA) is 57.8 Å². The third kappa shape index (κ3) is 3.04. The van der Waals surface area contributed by atoms with Crippen molar-refractivity contribution in [2.75, 3.05) is 6.54 Å². The van der Waals surface area contributed by atoms with Gasteiger partial charge in [0.2, 0.25) is 0 Å². The SMILES string of the molecule is Cc1ccccc1/C=C(/F)c1cc(-c2cc3c([nH]2)CCNC3=O)ccn1. The Morgan fingerprint density at radius 2 is 2.08 bits per heavy atom. The Balaban J connectivity index is 1.69. The second-order valence-corrected chi connectivity index (χ2v) is 6.36. The first-order valence-electron chi connectivity index (χ1n) is 8.51. The van der Waals surface area contributed by atoms with Crippen LogP contribution < -0.4 is 5.32 Å². The summed E-state index contributed by atoms with van der Waals surface area (Å²) in [6, 6.07) is 12.9. The number of halogens is 1. The fourth-order valence-corrected chi connectivity index (χ4v) is 3.14. The standard InChI is InChI=1S/C21H18FN3O/c1-13-4-2-3-5-14(13)10-17(22)20-11-15(6-8-23-20)19-12-16-18(25-19)7-9-24-21(16)26/h2-6,8,10-12,25H,7,9H2,1H3,(H,24,26)/b17-10+. The van der Waals surface area contributed by atoms with Crippen molar-refractivity contribution in [2.45, 2.75) is 13.3 Å². The van der Waals surface area contributed by atoms with Crippen molar-refractivity contribution in [1.29, 1.82) is 0 Å². The van der Waals surface area contributed by atoms with Crippen molar-refractivity contribution in [3.63, 3.8) is 0 Å². The summed E-state index contributed by atoms with van der Waals surface area (Å²) in [7, 11) is 0. The van der Waals surface area contributed by atoms with Gasteiger partial charge in [-0.05, 0) is 42.3 Å². The molecule has 2 N–H and O–H groups in total. The predicted molar refractivity (Wildman–Crippen MR) is 100 cm³/mol. The van der Waals surface area contributed by atoms with Gasteiger partial charge < -0.3 is 10.3 Å². The number of hydrogen-bond donors (Lipinski definition) is 2. The molecule has 0 fully saturated rings. The Kier molecular flexibility index (Phi) is 4.13. The molecule has 1 aliphatic heterocycles. The molecule has 0 radical (unpaired) electrons. The molecule has 1 amide bonds. The molecule has 3 aromatic rings. The number of rotatable bonds is 3. The number of aromatic nitrogens is 2. The van der Waals surface area contributed by atoms with Gasteiger partial charge in [-0.3, -0.25) is 9.78 Å². The quantitative estimate of drug-likeness (QED) is 0.748. The highest BCUT2D eigenvalue weighted by Gasteiger charge is 2.20. The highest BCUT2D eigenvalue weighted by molar-refractivity contribution is 5.97. The van der Waals surface area contributed by atoms with Crippen LogP contribution in [0, 0.1) is 6.92 Å². The van der Waals surface area contributed by atoms with Crippen LogP contribution in [0.5, 0.6) is 0 Å². The van der Waals surface area contributed by atoms with Gasteiger partial charge >= 0.3 is 0 Å². The number of aromatic amines is 1. The summed E-state index contributed by atoms with van der Waals surface area (Å²) in [5.41, 5.74) is 5.25. The molecular weight excluding hydrogens is 329 g/mol. The van der Waals surface area contributed by atoms with Gasteiger partial charge in [0.15, 0.2) is 0 Å². The van der Waals surface area contributed by atoms with Crippen LogP contribution in [0.25, 0.3) is 23.2 Å². The molecule has 1 aliphatic rings. The van der Waals surface area contributed by atoms with Crippen LogP contribution in [0.3, 0.4) is 0 Å². The summed E-state index contributed by atoms with van der Waals surface area (Å²) in [5, 5.41) is 2.82. The minimum Gasteiger partial charge on any atom is -0.358 e. The van der Waals surface area contributed by atoms with Crippen molar-refractivity contribution in [3.8, 4) is 11.3 Å². The molecule has 0 saturated carbocycles. The molecule has 0 spiro atoms. The normalized spacial score (nSPS) is 14.1. The molecule has 0 saturated heterocycles. The second-order valence-electron chi connectivity index (χ2n) is 6.36. The van der Waals surface area contributed by atoms with E-state index in [0.29, 0.717) is 12.1 Å². The molecule has 0 unspecified atom stereocenters. The van der Waals surface area contributed by atoms with E-state index in [1.165, 1.54) is 6.08 Å². The van der Waals surface area contributed by atoms with Gasteiger partial charge in [-0.15, -0.1) is 0 Å². The summed E-state index contributed by atoms with van der Waals surface area (Å²) in [5.74, 6) is -0.469. The number of H-pyrrole nitrogens is 1. The van der Waals surface area contributed by atoms with Gasteiger partial charge in [0.25, 0.3) is 5.91 Å². The van der Waals surface area contributed by atoms with Crippen LogP contribution in [-0.4, -0.2) is 22.4 Å². The van der Waals surface area contributed by atoms with Crippen molar-refractivity contribution in [3.05, 3.63) is 76.7 Å². The van der Waals surface area contributed by atoms with Gasteiger partial charge in [-0.25, -0.2) is 4.39 Å². The van der Waals surface area contributed by atoms with E-state index < -0.39 is 5.83 Å². The lowest BCUT2D eigenvalue weighted by Gasteiger charge is -2.10. The number of nitrogens with one attached hydrogen (secondary N) is 2. The number of carbonyl (C=O) groups excluding carboxylic acids is 1. The molecule has 0 aliphatic carbocycles. The van der Waals surface area contributed by atoms with E-state index in [4.69, 9.17) is 0 Å². The minimum absolute atomic E-state index is 0.0753. The first-order valence-corrected chi connectivity index (χ1v) is 8.51. The number of aryl methyl sites for hydroxylation is 1. The molecule has 4 rings (SSSR count). The fourth-order valence-electron chi connectivity index (χ4n) is 3.14. The summed E-state index contributed by atoms with van der Waals surface area (Å²) in [6.45, 7) is 2.57. The maximum absolute atomic E-state index is 14.7. The van der Waals surface area contributed by atoms with E-state index in [1.54, 1.807) is 18.3 Å². The van der Waals surface area contributed by atoms with Crippen LogP contribution in [0.2, 0.25) is 0 Å². The van der Waals surface area contributed by atoms with Crippen molar-refractivity contribution < 1.29 is 9.18 Å². The van der Waals surface area contributed by atoms with Crippen LogP contribution in [0.1, 0.15) is 32.9 Å². The maximum Gasteiger partial charge on any atom is 0.253 e. The molecule has 0 atom stereocenters. The molecule has 0 bridgehead atoms. The fraction of sp³-hybridized carbons (Fsp3) is 0.143. The molecule has 130 valence electrons. The summed E-state index contributed by atoms with van der Waals surface area (Å²) in [6.07, 6.45) is 3.84. The Labute approximate surface area is 150 Å². The lowest BCUT2D eigenvalue weighted by atomic mass is 10.1. The Morgan fingerprint density at radius 1 is 1.23 bits per heavy atom. The van der Waals surface area contributed by atoms with E-state index in [1.807, 2.05) is 37.3 Å². The Hall–Kier alpha value is -3.21. The summed E-state index contributed by atoms with van der Waals surface area (Å²) < 4.78 is 14.7. The summed E-state index contributed by atoms with van der Waals surface area (Å²) in [4.78, 5) is 19.4. The van der Waals surface area contributed by atoms with Crippen LogP contribution >= 0.6 is 0 Å². The van der Waals surface area contributed by atoms with Crippen LogP contribution in [0.4, 0.5) is 4.39 Å². The van der Waals surface area contributed by atoms with E-state index in [-0.39, 0.29) is 11.6 Å². The van der Waals surface area contributed by atoms with Gasteiger partial charge in [0, 0.05) is 36.1 Å². The van der Waals surface area contributed by atoms with E-state index in [9.17, 15) is 9.18 Å². The third-order valence-electron chi connectivity index (χ3n) is 4.59. The third-order valence-corrected chi connectivity index (χ3v) is 4.59. The minimum atomic E-state index is -0.393. The van der Waals surface area contributed by atoms with E-state index >= 15 is 0 Å². The largest absolute Gasteiger partial charge is 0.358 e. The second kappa shape index (κ2) is 6.59. The van der Waals surface area contributed by atoms with E-state index in [0.717, 1.165) is 34.5 Å². The van der Waals surface area contributed by atoms with Gasteiger partial charge in [-0.2, -0.15) is 0 Å². The van der Waals surface area contributed by atoms with Crippen LogP contribution in [0.15, 0.2) is 48.7 Å². The lowest BCUT2D eigenvalue weighted by Crippen LogP contribution is -2.31. The predicted octanol–water partition coefficient (Wildman–Crippen LogP) is 4.14. The average Bonchev–Trinajstić information content (AvgIpc) is 3.09. The maximum atomic E-state index is 14.7. The Bertz CT molecular complexity index is 1020.